The first-order valence-corrected chi connectivity index (χ1v) is 5.62. The van der Waals surface area contributed by atoms with Gasteiger partial charge in [0, 0.05) is 10.4 Å². The highest BCUT2D eigenvalue weighted by Gasteiger charge is 2.10. The van der Waals surface area contributed by atoms with Crippen molar-refractivity contribution in [3.8, 4) is 11.3 Å². The van der Waals surface area contributed by atoms with Crippen LogP contribution in [0.5, 0.6) is 0 Å². The van der Waals surface area contributed by atoms with E-state index in [4.69, 9.17) is 0 Å². The molecule has 1 heterocycles. The third kappa shape index (κ3) is 1.88. The molecule has 0 bridgehead atoms. The van der Waals surface area contributed by atoms with Crippen molar-refractivity contribution in [1.29, 1.82) is 0 Å². The van der Waals surface area contributed by atoms with E-state index in [1.807, 2.05) is 6.92 Å². The Morgan fingerprint density at radius 2 is 2.12 bits per heavy atom. The lowest BCUT2D eigenvalue weighted by Gasteiger charge is -2.01. The smallest absolute Gasteiger partial charge is 0.178 e. The predicted octanol–water partition coefficient (Wildman–Crippen LogP) is 3.38. The molecule has 0 saturated heterocycles. The first kappa shape index (κ1) is 11.0. The van der Waals surface area contributed by atoms with Gasteiger partial charge in [-0.25, -0.2) is 9.37 Å². The molecule has 1 aromatic carbocycles. The Morgan fingerprint density at radius 3 is 2.69 bits per heavy atom. The summed E-state index contributed by atoms with van der Waals surface area (Å²) < 4.78 is 13.1. The van der Waals surface area contributed by atoms with Gasteiger partial charge in [0.25, 0.3) is 0 Å². The summed E-state index contributed by atoms with van der Waals surface area (Å²) in [6.07, 6.45) is 0.734. The van der Waals surface area contributed by atoms with Crippen molar-refractivity contribution in [2.45, 2.75) is 13.8 Å². The molecule has 2 nitrogen and oxygen atoms in total. The highest BCUT2D eigenvalue weighted by Crippen LogP contribution is 2.27. The molecular formula is C12H10FNOS. The molecule has 0 saturated carbocycles. The van der Waals surface area contributed by atoms with E-state index in [0.717, 1.165) is 22.4 Å². The topological polar surface area (TPSA) is 30.0 Å². The van der Waals surface area contributed by atoms with Crippen LogP contribution >= 0.6 is 11.3 Å². The fraction of sp³-hybridized carbons (Fsp3) is 0.167. The zero-order valence-corrected chi connectivity index (χ0v) is 9.77. The number of carbonyl (C=O) groups is 1. The average molecular weight is 235 g/mol. The molecule has 0 spiro atoms. The van der Waals surface area contributed by atoms with Crippen molar-refractivity contribution in [2.24, 2.45) is 0 Å². The van der Waals surface area contributed by atoms with Gasteiger partial charge in [0.2, 0.25) is 0 Å². The number of hydrogen-bond donors (Lipinski definition) is 0. The summed E-state index contributed by atoms with van der Waals surface area (Å²) >= 11 is 1.35. The van der Waals surface area contributed by atoms with Crippen LogP contribution in [0, 0.1) is 19.7 Å². The third-order valence-electron chi connectivity index (χ3n) is 2.35. The van der Waals surface area contributed by atoms with Gasteiger partial charge in [0.1, 0.15) is 5.82 Å². The summed E-state index contributed by atoms with van der Waals surface area (Å²) in [4.78, 5) is 15.8. The van der Waals surface area contributed by atoms with Crippen molar-refractivity contribution < 1.29 is 9.18 Å². The molecule has 0 unspecified atom stereocenters. The van der Waals surface area contributed by atoms with Crippen LogP contribution in [0.3, 0.4) is 0 Å². The molecule has 0 aliphatic carbocycles. The minimum Gasteiger partial charge on any atom is -0.295 e. The van der Waals surface area contributed by atoms with Crippen molar-refractivity contribution >= 4 is 17.6 Å². The second-order valence-corrected chi connectivity index (χ2v) is 4.77. The van der Waals surface area contributed by atoms with Crippen molar-refractivity contribution in [3.05, 3.63) is 39.5 Å². The number of thiazole rings is 1. The monoisotopic (exact) mass is 235 g/mol. The van der Waals surface area contributed by atoms with E-state index in [0.29, 0.717) is 10.6 Å². The van der Waals surface area contributed by atoms with Gasteiger partial charge in [-0.15, -0.1) is 11.3 Å². The van der Waals surface area contributed by atoms with Crippen molar-refractivity contribution in [1.82, 2.24) is 4.98 Å². The van der Waals surface area contributed by atoms with Crippen molar-refractivity contribution in [3.63, 3.8) is 0 Å². The van der Waals surface area contributed by atoms with Crippen LogP contribution in [0.2, 0.25) is 0 Å². The Labute approximate surface area is 96.8 Å². The summed E-state index contributed by atoms with van der Waals surface area (Å²) in [5.41, 5.74) is 2.19. The average Bonchev–Trinajstić information content (AvgIpc) is 2.64. The number of halogens is 1. The lowest BCUT2D eigenvalue weighted by Crippen LogP contribution is -1.86. The van der Waals surface area contributed by atoms with E-state index in [2.05, 4.69) is 4.98 Å². The number of aromatic nitrogens is 1. The van der Waals surface area contributed by atoms with Gasteiger partial charge >= 0.3 is 0 Å². The van der Waals surface area contributed by atoms with Crippen LogP contribution in [0.4, 0.5) is 4.39 Å². The maximum Gasteiger partial charge on any atom is 0.178 e. The van der Waals surface area contributed by atoms with Gasteiger partial charge in [-0.05, 0) is 37.6 Å². The van der Waals surface area contributed by atoms with Gasteiger partial charge in [0.05, 0.1) is 5.69 Å². The second-order valence-electron chi connectivity index (χ2n) is 3.54. The van der Waals surface area contributed by atoms with Crippen LogP contribution in [0.25, 0.3) is 11.3 Å². The first-order chi connectivity index (χ1) is 7.61. The highest BCUT2D eigenvalue weighted by molar-refractivity contribution is 7.13. The summed E-state index contributed by atoms with van der Waals surface area (Å²) in [5, 5.41) is 0.453. The number of benzene rings is 1. The molecule has 4 heteroatoms. The van der Waals surface area contributed by atoms with E-state index >= 15 is 0 Å². The van der Waals surface area contributed by atoms with E-state index < -0.39 is 0 Å². The lowest BCUT2D eigenvalue weighted by atomic mass is 10.1. The molecule has 1 aromatic heterocycles. The Morgan fingerprint density at radius 1 is 1.38 bits per heavy atom. The number of aryl methyl sites for hydroxylation is 2. The summed E-state index contributed by atoms with van der Waals surface area (Å²) in [6, 6.07) is 4.84. The number of nitrogens with zero attached hydrogens (tertiary/aromatic N) is 1. The van der Waals surface area contributed by atoms with E-state index in [1.165, 1.54) is 17.4 Å². The third-order valence-corrected chi connectivity index (χ3v) is 3.24. The summed E-state index contributed by atoms with van der Waals surface area (Å²) in [5.74, 6) is -0.229. The Balaban J connectivity index is 2.53. The minimum absolute atomic E-state index is 0.229. The zero-order valence-electron chi connectivity index (χ0n) is 8.95. The first-order valence-electron chi connectivity index (χ1n) is 4.81. The fourth-order valence-electron chi connectivity index (χ4n) is 1.53. The molecule has 2 rings (SSSR count). The standard InChI is InChI=1S/C12H10FNOS/c1-7-5-9(3-4-10(7)13)12-8(2)16-11(6-15)14-12/h3-6H,1-2H3. The second kappa shape index (κ2) is 4.14. The molecule has 0 atom stereocenters. The van der Waals surface area contributed by atoms with Crippen LogP contribution in [-0.2, 0) is 0 Å². The molecule has 2 aromatic rings. The van der Waals surface area contributed by atoms with Crippen molar-refractivity contribution in [2.75, 3.05) is 0 Å². The molecule has 16 heavy (non-hydrogen) atoms. The Hall–Kier alpha value is -1.55. The normalized spacial score (nSPS) is 10.4. The molecule has 0 fully saturated rings. The minimum atomic E-state index is -0.229. The van der Waals surface area contributed by atoms with Gasteiger partial charge in [-0.3, -0.25) is 4.79 Å². The fourth-order valence-corrected chi connectivity index (χ4v) is 2.29. The summed E-state index contributed by atoms with van der Waals surface area (Å²) in [7, 11) is 0. The zero-order chi connectivity index (χ0) is 11.7. The molecule has 82 valence electrons. The maximum absolute atomic E-state index is 13.1. The van der Waals surface area contributed by atoms with Gasteiger partial charge in [0.15, 0.2) is 11.3 Å². The SMILES string of the molecule is Cc1cc(-c2nc(C=O)sc2C)ccc1F. The van der Waals surface area contributed by atoms with E-state index in [9.17, 15) is 9.18 Å². The predicted molar refractivity (Wildman–Crippen MR) is 62.4 cm³/mol. The molecule has 0 radical (unpaired) electrons. The van der Waals surface area contributed by atoms with E-state index in [1.54, 1.807) is 19.1 Å². The lowest BCUT2D eigenvalue weighted by molar-refractivity contribution is 0.112. The van der Waals surface area contributed by atoms with Crippen LogP contribution in [0.1, 0.15) is 20.2 Å². The van der Waals surface area contributed by atoms with Crippen LogP contribution < -0.4 is 0 Å². The van der Waals surface area contributed by atoms with E-state index in [-0.39, 0.29) is 5.82 Å². The Kier molecular flexibility index (Phi) is 2.83. The molecular weight excluding hydrogens is 225 g/mol. The molecule has 0 amide bonds. The largest absolute Gasteiger partial charge is 0.295 e. The summed E-state index contributed by atoms with van der Waals surface area (Å²) in [6.45, 7) is 3.61. The quantitative estimate of drug-likeness (QED) is 0.747. The Bertz CT molecular complexity index is 548. The highest BCUT2D eigenvalue weighted by atomic mass is 32.1. The molecule has 0 aliphatic rings. The molecule has 0 N–H and O–H groups in total. The number of rotatable bonds is 2. The number of carbonyl (C=O) groups excluding carboxylic acids is 1. The van der Waals surface area contributed by atoms with Crippen LogP contribution in [-0.4, -0.2) is 11.3 Å². The number of aldehydes is 1. The molecule has 0 aliphatic heterocycles. The van der Waals surface area contributed by atoms with Gasteiger partial charge in [-0.2, -0.15) is 0 Å². The van der Waals surface area contributed by atoms with Gasteiger partial charge < -0.3 is 0 Å². The van der Waals surface area contributed by atoms with Gasteiger partial charge in [-0.1, -0.05) is 0 Å². The maximum atomic E-state index is 13.1. The van der Waals surface area contributed by atoms with Crippen LogP contribution in [0.15, 0.2) is 18.2 Å². The number of hydrogen-bond acceptors (Lipinski definition) is 3.